The van der Waals surface area contributed by atoms with Crippen molar-refractivity contribution in [1.29, 1.82) is 0 Å². The number of ketones is 1. The predicted octanol–water partition coefficient (Wildman–Crippen LogP) is 4.54. The lowest BCUT2D eigenvalue weighted by Crippen LogP contribution is -2.07. The predicted molar refractivity (Wildman–Crippen MR) is 93.8 cm³/mol. The monoisotopic (exact) mass is 313 g/mol. The minimum absolute atomic E-state index is 0.0728. The fraction of sp³-hybridized carbons (Fsp3) is 0.550. The lowest BCUT2D eigenvalue weighted by atomic mass is 10.0. The molecule has 1 aliphatic carbocycles. The SMILES string of the molecule is COCCCn1cc(C(=O)C2C(C)(C)C2(C)C)c2ccccc21. The Hall–Kier alpha value is -1.61. The second-order valence-electron chi connectivity index (χ2n) is 7.84. The van der Waals surface area contributed by atoms with E-state index in [1.165, 1.54) is 0 Å². The maximum Gasteiger partial charge on any atom is 0.169 e. The van der Waals surface area contributed by atoms with Crippen molar-refractivity contribution in [2.24, 2.45) is 16.7 Å². The molecule has 0 N–H and O–H groups in total. The molecule has 1 heterocycles. The third-order valence-corrected chi connectivity index (χ3v) is 6.08. The van der Waals surface area contributed by atoms with Crippen LogP contribution in [0.2, 0.25) is 0 Å². The lowest BCUT2D eigenvalue weighted by Gasteiger charge is -2.04. The summed E-state index contributed by atoms with van der Waals surface area (Å²) in [4.78, 5) is 13.2. The quantitative estimate of drug-likeness (QED) is 0.579. The van der Waals surface area contributed by atoms with Crippen LogP contribution in [0.15, 0.2) is 30.5 Å². The molecule has 3 nitrogen and oxygen atoms in total. The van der Waals surface area contributed by atoms with Crippen LogP contribution in [-0.2, 0) is 11.3 Å². The van der Waals surface area contributed by atoms with Gasteiger partial charge in [-0.05, 0) is 23.3 Å². The van der Waals surface area contributed by atoms with Crippen LogP contribution in [0.3, 0.4) is 0 Å². The van der Waals surface area contributed by atoms with Gasteiger partial charge in [0.1, 0.15) is 0 Å². The maximum atomic E-state index is 13.2. The molecule has 0 unspecified atom stereocenters. The minimum atomic E-state index is 0.0728. The molecule has 3 heteroatoms. The topological polar surface area (TPSA) is 31.2 Å². The molecule has 2 aromatic rings. The minimum Gasteiger partial charge on any atom is -0.385 e. The summed E-state index contributed by atoms with van der Waals surface area (Å²) in [5.41, 5.74) is 2.16. The number of para-hydroxylation sites is 1. The maximum absolute atomic E-state index is 13.2. The van der Waals surface area contributed by atoms with Crippen molar-refractivity contribution < 1.29 is 9.53 Å². The zero-order valence-corrected chi connectivity index (χ0v) is 14.8. The number of methoxy groups -OCH3 is 1. The normalized spacial score (nSPS) is 19.2. The number of rotatable bonds is 6. The molecule has 0 bridgehead atoms. The Morgan fingerprint density at radius 3 is 2.43 bits per heavy atom. The third-order valence-electron chi connectivity index (χ3n) is 6.08. The van der Waals surface area contributed by atoms with E-state index in [-0.39, 0.29) is 16.7 Å². The van der Waals surface area contributed by atoms with E-state index in [4.69, 9.17) is 4.74 Å². The van der Waals surface area contributed by atoms with Crippen LogP contribution in [0.25, 0.3) is 10.9 Å². The molecule has 1 saturated carbocycles. The van der Waals surface area contributed by atoms with E-state index >= 15 is 0 Å². The van der Waals surface area contributed by atoms with Crippen LogP contribution in [-0.4, -0.2) is 24.1 Å². The Balaban J connectivity index is 1.97. The average molecular weight is 313 g/mol. The molecule has 124 valence electrons. The number of benzene rings is 1. The summed E-state index contributed by atoms with van der Waals surface area (Å²) in [5.74, 6) is 0.398. The number of ether oxygens (including phenoxy) is 1. The molecular weight excluding hydrogens is 286 g/mol. The van der Waals surface area contributed by atoms with Gasteiger partial charge in [0.05, 0.1) is 0 Å². The fourth-order valence-electron chi connectivity index (χ4n) is 4.01. The Morgan fingerprint density at radius 1 is 1.17 bits per heavy atom. The van der Waals surface area contributed by atoms with Crippen LogP contribution in [0, 0.1) is 16.7 Å². The van der Waals surface area contributed by atoms with Gasteiger partial charge >= 0.3 is 0 Å². The van der Waals surface area contributed by atoms with Gasteiger partial charge in [-0.3, -0.25) is 4.79 Å². The van der Waals surface area contributed by atoms with Crippen molar-refractivity contribution in [3.63, 3.8) is 0 Å². The number of aryl methyl sites for hydroxylation is 1. The highest BCUT2D eigenvalue weighted by atomic mass is 16.5. The van der Waals surface area contributed by atoms with Gasteiger partial charge < -0.3 is 9.30 Å². The summed E-state index contributed by atoms with van der Waals surface area (Å²) < 4.78 is 7.35. The summed E-state index contributed by atoms with van der Waals surface area (Å²) in [7, 11) is 1.72. The molecule has 1 aromatic heterocycles. The highest BCUT2D eigenvalue weighted by Gasteiger charge is 2.68. The molecule has 0 aliphatic heterocycles. The number of carbonyl (C=O) groups is 1. The first-order chi connectivity index (χ1) is 10.8. The molecule has 1 fully saturated rings. The lowest BCUT2D eigenvalue weighted by molar-refractivity contribution is 0.0946. The van der Waals surface area contributed by atoms with Gasteiger partial charge in [-0.2, -0.15) is 0 Å². The van der Waals surface area contributed by atoms with E-state index in [0.717, 1.165) is 36.0 Å². The first kappa shape index (κ1) is 16.3. The zero-order valence-electron chi connectivity index (χ0n) is 14.8. The number of nitrogens with zero attached hydrogens (tertiary/aromatic N) is 1. The summed E-state index contributed by atoms with van der Waals surface area (Å²) in [5, 5.41) is 1.08. The number of fused-ring (bicyclic) bond motifs is 1. The van der Waals surface area contributed by atoms with Crippen LogP contribution < -0.4 is 0 Å². The van der Waals surface area contributed by atoms with Gasteiger partial charge in [-0.1, -0.05) is 45.9 Å². The molecule has 3 rings (SSSR count). The van der Waals surface area contributed by atoms with Crippen molar-refractivity contribution in [2.45, 2.75) is 40.7 Å². The highest BCUT2D eigenvalue weighted by Crippen LogP contribution is 2.69. The van der Waals surface area contributed by atoms with Crippen LogP contribution in [0.1, 0.15) is 44.5 Å². The van der Waals surface area contributed by atoms with Crippen LogP contribution in [0.5, 0.6) is 0 Å². The Labute approximate surface area is 138 Å². The van der Waals surface area contributed by atoms with E-state index in [1.54, 1.807) is 7.11 Å². The second-order valence-corrected chi connectivity index (χ2v) is 7.84. The Kier molecular flexibility index (Phi) is 3.88. The number of hydrogen-bond acceptors (Lipinski definition) is 2. The smallest absolute Gasteiger partial charge is 0.169 e. The van der Waals surface area contributed by atoms with Gasteiger partial charge in [0.25, 0.3) is 0 Å². The van der Waals surface area contributed by atoms with Crippen LogP contribution in [0.4, 0.5) is 0 Å². The number of aromatic nitrogens is 1. The van der Waals surface area contributed by atoms with E-state index < -0.39 is 0 Å². The summed E-state index contributed by atoms with van der Waals surface area (Å²) in [6, 6.07) is 8.22. The van der Waals surface area contributed by atoms with Gasteiger partial charge in [0, 0.05) is 48.8 Å². The molecule has 1 aromatic carbocycles. The second kappa shape index (κ2) is 5.48. The summed E-state index contributed by atoms with van der Waals surface area (Å²) in [6.07, 6.45) is 3.00. The van der Waals surface area contributed by atoms with E-state index in [0.29, 0.717) is 5.78 Å². The van der Waals surface area contributed by atoms with E-state index in [1.807, 2.05) is 18.3 Å². The van der Waals surface area contributed by atoms with Crippen LogP contribution >= 0.6 is 0 Å². The molecule has 0 spiro atoms. The molecule has 0 atom stereocenters. The molecule has 0 amide bonds. The van der Waals surface area contributed by atoms with Crippen molar-refractivity contribution in [1.82, 2.24) is 4.57 Å². The van der Waals surface area contributed by atoms with Crippen molar-refractivity contribution in [2.75, 3.05) is 13.7 Å². The van der Waals surface area contributed by atoms with Crippen molar-refractivity contribution >= 4 is 16.7 Å². The molecule has 0 saturated heterocycles. The molecule has 1 aliphatic rings. The van der Waals surface area contributed by atoms with Crippen molar-refractivity contribution in [3.8, 4) is 0 Å². The zero-order chi connectivity index (χ0) is 16.8. The van der Waals surface area contributed by atoms with Gasteiger partial charge in [0.2, 0.25) is 0 Å². The number of Topliss-reactive ketones (excluding diaryl/α,β-unsaturated/α-hetero) is 1. The van der Waals surface area contributed by atoms with E-state index in [2.05, 4.69) is 44.4 Å². The molecule has 23 heavy (non-hydrogen) atoms. The first-order valence-electron chi connectivity index (χ1n) is 8.43. The largest absolute Gasteiger partial charge is 0.385 e. The average Bonchev–Trinajstić information content (AvgIpc) is 2.80. The Morgan fingerprint density at radius 2 is 1.83 bits per heavy atom. The first-order valence-corrected chi connectivity index (χ1v) is 8.43. The van der Waals surface area contributed by atoms with Crippen molar-refractivity contribution in [3.05, 3.63) is 36.0 Å². The molecule has 0 radical (unpaired) electrons. The number of hydrogen-bond donors (Lipinski definition) is 0. The van der Waals surface area contributed by atoms with E-state index in [9.17, 15) is 4.79 Å². The standard InChI is InChI=1S/C20H27NO2/c1-19(2)18(20(19,3)4)17(22)15-13-21(11-8-12-23-5)16-10-7-6-9-14(15)16/h6-7,9-10,13,18H,8,11-12H2,1-5H3. The fourth-order valence-corrected chi connectivity index (χ4v) is 4.01. The summed E-state index contributed by atoms with van der Waals surface area (Å²) in [6.45, 7) is 10.4. The summed E-state index contributed by atoms with van der Waals surface area (Å²) >= 11 is 0. The van der Waals surface area contributed by atoms with Gasteiger partial charge in [-0.15, -0.1) is 0 Å². The van der Waals surface area contributed by atoms with Gasteiger partial charge in [-0.25, -0.2) is 0 Å². The number of carbonyl (C=O) groups excluding carboxylic acids is 1. The molecular formula is C20H27NO2. The Bertz CT molecular complexity index is 725. The highest BCUT2D eigenvalue weighted by molar-refractivity contribution is 6.11. The third kappa shape index (κ3) is 2.42. The van der Waals surface area contributed by atoms with Gasteiger partial charge in [0.15, 0.2) is 5.78 Å².